The number of aromatic nitrogens is 1. The summed E-state index contributed by atoms with van der Waals surface area (Å²) in [5, 5.41) is 11.0. The Balaban J connectivity index is 1.48. The van der Waals surface area contributed by atoms with E-state index >= 15 is 0 Å². The molecule has 1 saturated heterocycles. The third kappa shape index (κ3) is 4.97. The van der Waals surface area contributed by atoms with Gasteiger partial charge in [-0.25, -0.2) is 4.98 Å². The fourth-order valence-electron chi connectivity index (χ4n) is 3.27. The van der Waals surface area contributed by atoms with E-state index in [-0.39, 0.29) is 0 Å². The molecule has 0 bridgehead atoms. The number of rotatable bonds is 6. The van der Waals surface area contributed by atoms with Gasteiger partial charge >= 0.3 is 0 Å². The number of hydrogen-bond acceptors (Lipinski definition) is 7. The third-order valence-corrected chi connectivity index (χ3v) is 6.85. The van der Waals surface area contributed by atoms with Gasteiger partial charge in [-0.1, -0.05) is 29.5 Å². The SMILES string of the molecule is COc1ccccc1NC(=S)N/N=C\c1sc(N2CCCCC2)nc1-c1cccs1. The lowest BCUT2D eigenvalue weighted by Crippen LogP contribution is -2.29. The molecule has 6 nitrogen and oxygen atoms in total. The molecule has 2 aromatic heterocycles. The van der Waals surface area contributed by atoms with Crippen LogP contribution in [0.15, 0.2) is 46.9 Å². The van der Waals surface area contributed by atoms with Crippen LogP contribution in [0.2, 0.25) is 0 Å². The van der Waals surface area contributed by atoms with Crippen molar-refractivity contribution >= 4 is 57.0 Å². The summed E-state index contributed by atoms with van der Waals surface area (Å²) in [6.45, 7) is 2.14. The van der Waals surface area contributed by atoms with Crippen LogP contribution in [0, 0.1) is 0 Å². The molecule has 4 rings (SSSR count). The molecule has 0 aliphatic carbocycles. The highest BCUT2D eigenvalue weighted by atomic mass is 32.1. The molecule has 0 saturated carbocycles. The number of methoxy groups -OCH3 is 1. The minimum atomic E-state index is 0.397. The summed E-state index contributed by atoms with van der Waals surface area (Å²) in [4.78, 5) is 9.48. The number of ether oxygens (including phenoxy) is 1. The molecule has 0 amide bonds. The van der Waals surface area contributed by atoms with Gasteiger partial charge in [-0.15, -0.1) is 11.3 Å². The second-order valence-electron chi connectivity index (χ2n) is 6.76. The van der Waals surface area contributed by atoms with E-state index < -0.39 is 0 Å². The van der Waals surface area contributed by atoms with Gasteiger partial charge in [0.2, 0.25) is 0 Å². The van der Waals surface area contributed by atoms with Crippen molar-refractivity contribution in [3.63, 3.8) is 0 Å². The number of benzene rings is 1. The molecular formula is C21H23N5OS3. The van der Waals surface area contributed by atoms with Crippen molar-refractivity contribution in [3.8, 4) is 16.3 Å². The third-order valence-electron chi connectivity index (χ3n) is 4.73. The van der Waals surface area contributed by atoms with Crippen LogP contribution < -0.4 is 20.4 Å². The molecule has 1 aromatic carbocycles. The first kappa shape index (κ1) is 20.8. The number of hydrogen-bond donors (Lipinski definition) is 2. The van der Waals surface area contributed by atoms with Crippen molar-refractivity contribution in [2.45, 2.75) is 19.3 Å². The van der Waals surface area contributed by atoms with E-state index in [2.05, 4.69) is 32.2 Å². The lowest BCUT2D eigenvalue weighted by Gasteiger charge is -2.25. The highest BCUT2D eigenvalue weighted by Crippen LogP contribution is 2.35. The normalized spacial score (nSPS) is 14.1. The minimum absolute atomic E-state index is 0.397. The Hall–Kier alpha value is -2.49. The van der Waals surface area contributed by atoms with Crippen molar-refractivity contribution in [3.05, 3.63) is 46.7 Å². The molecule has 156 valence electrons. The minimum Gasteiger partial charge on any atom is -0.495 e. The second-order valence-corrected chi connectivity index (χ2v) is 9.12. The lowest BCUT2D eigenvalue weighted by atomic mass is 10.1. The van der Waals surface area contributed by atoms with Crippen molar-refractivity contribution in [1.82, 2.24) is 10.4 Å². The van der Waals surface area contributed by atoms with Crippen LogP contribution >= 0.6 is 34.9 Å². The first-order valence-electron chi connectivity index (χ1n) is 9.77. The highest BCUT2D eigenvalue weighted by Gasteiger charge is 2.19. The van der Waals surface area contributed by atoms with Crippen LogP contribution in [0.5, 0.6) is 5.75 Å². The zero-order chi connectivity index (χ0) is 20.8. The van der Waals surface area contributed by atoms with E-state index in [4.69, 9.17) is 21.9 Å². The number of thiocarbonyl (C=S) groups is 1. The maximum absolute atomic E-state index is 5.37. The van der Waals surface area contributed by atoms with Gasteiger partial charge < -0.3 is 15.0 Å². The Morgan fingerprint density at radius 1 is 1.20 bits per heavy atom. The summed E-state index contributed by atoms with van der Waals surface area (Å²) >= 11 is 8.73. The van der Waals surface area contributed by atoms with Crippen molar-refractivity contribution in [2.24, 2.45) is 5.10 Å². The van der Waals surface area contributed by atoms with Gasteiger partial charge in [-0.05, 0) is 55.1 Å². The Kier molecular flexibility index (Phi) is 6.93. The number of piperidine rings is 1. The maximum Gasteiger partial charge on any atom is 0.191 e. The molecule has 2 N–H and O–H groups in total. The predicted octanol–water partition coefficient (Wildman–Crippen LogP) is 5.19. The number of hydrazone groups is 1. The van der Waals surface area contributed by atoms with Gasteiger partial charge in [0.25, 0.3) is 0 Å². The predicted molar refractivity (Wildman–Crippen MR) is 131 cm³/mol. The Morgan fingerprint density at radius 2 is 2.03 bits per heavy atom. The molecule has 0 atom stereocenters. The summed E-state index contributed by atoms with van der Waals surface area (Å²) in [6, 6.07) is 11.8. The van der Waals surface area contributed by atoms with E-state index in [1.807, 2.05) is 30.3 Å². The van der Waals surface area contributed by atoms with Gasteiger partial charge in [0.1, 0.15) is 11.4 Å². The van der Waals surface area contributed by atoms with Crippen molar-refractivity contribution in [1.29, 1.82) is 0 Å². The molecule has 0 spiro atoms. The first-order chi connectivity index (χ1) is 14.7. The van der Waals surface area contributed by atoms with E-state index in [1.165, 1.54) is 19.3 Å². The average Bonchev–Trinajstić information content (AvgIpc) is 3.45. The van der Waals surface area contributed by atoms with Crippen LogP contribution in [0.1, 0.15) is 24.1 Å². The molecular weight excluding hydrogens is 434 g/mol. The standard InChI is InChI=1S/C21H23N5OS3/c1-27-16-9-4-3-8-15(16)23-20(28)25-22-14-18-19(17-10-7-13-29-17)24-21(30-18)26-11-5-2-6-12-26/h3-4,7-10,13-14H,2,5-6,11-12H2,1H3,(H2,23,25,28)/b22-14-. The molecule has 1 fully saturated rings. The number of nitrogens with one attached hydrogen (secondary N) is 2. The van der Waals surface area contributed by atoms with Gasteiger partial charge in [-0.2, -0.15) is 5.10 Å². The van der Waals surface area contributed by atoms with Crippen LogP contribution in [0.25, 0.3) is 10.6 Å². The molecule has 3 heterocycles. The van der Waals surface area contributed by atoms with E-state index in [1.54, 1.807) is 36.0 Å². The smallest absolute Gasteiger partial charge is 0.191 e. The summed E-state index contributed by atoms with van der Waals surface area (Å²) < 4.78 is 5.34. The fourth-order valence-corrected chi connectivity index (χ4v) is 5.22. The zero-order valence-corrected chi connectivity index (χ0v) is 19.1. The zero-order valence-electron chi connectivity index (χ0n) is 16.6. The quantitative estimate of drug-likeness (QED) is 0.302. The summed E-state index contributed by atoms with van der Waals surface area (Å²) in [6.07, 6.45) is 5.55. The van der Waals surface area contributed by atoms with Crippen molar-refractivity contribution in [2.75, 3.05) is 30.4 Å². The number of nitrogens with zero attached hydrogens (tertiary/aromatic N) is 3. The summed E-state index contributed by atoms with van der Waals surface area (Å²) in [5.74, 6) is 0.722. The highest BCUT2D eigenvalue weighted by molar-refractivity contribution is 7.80. The van der Waals surface area contributed by atoms with Crippen LogP contribution in [-0.2, 0) is 0 Å². The molecule has 1 aliphatic heterocycles. The molecule has 3 aromatic rings. The fraction of sp³-hybridized carbons (Fsp3) is 0.286. The Bertz CT molecular complexity index is 1010. The lowest BCUT2D eigenvalue weighted by molar-refractivity contribution is 0.417. The molecule has 1 aliphatic rings. The van der Waals surface area contributed by atoms with E-state index in [0.717, 1.165) is 45.1 Å². The number of anilines is 2. The molecule has 30 heavy (non-hydrogen) atoms. The maximum atomic E-state index is 5.37. The monoisotopic (exact) mass is 457 g/mol. The summed E-state index contributed by atoms with van der Waals surface area (Å²) in [7, 11) is 1.63. The second kappa shape index (κ2) is 10.0. The molecule has 9 heteroatoms. The van der Waals surface area contributed by atoms with Gasteiger partial charge in [0, 0.05) is 13.1 Å². The van der Waals surface area contributed by atoms with Gasteiger partial charge in [0.15, 0.2) is 10.2 Å². The Labute approximate surface area is 189 Å². The Morgan fingerprint density at radius 3 is 2.80 bits per heavy atom. The average molecular weight is 458 g/mol. The summed E-state index contributed by atoms with van der Waals surface area (Å²) in [5.41, 5.74) is 4.66. The van der Waals surface area contributed by atoms with Crippen LogP contribution in [-0.4, -0.2) is 36.5 Å². The van der Waals surface area contributed by atoms with Crippen LogP contribution in [0.3, 0.4) is 0 Å². The number of thiophene rings is 1. The number of para-hydroxylation sites is 2. The van der Waals surface area contributed by atoms with Crippen LogP contribution in [0.4, 0.5) is 10.8 Å². The first-order valence-corrected chi connectivity index (χ1v) is 11.9. The van der Waals surface area contributed by atoms with E-state index in [9.17, 15) is 0 Å². The van der Waals surface area contributed by atoms with Gasteiger partial charge in [0.05, 0.1) is 28.8 Å². The number of thiazole rings is 1. The molecule has 0 radical (unpaired) electrons. The van der Waals surface area contributed by atoms with Gasteiger partial charge in [-0.3, -0.25) is 5.43 Å². The largest absolute Gasteiger partial charge is 0.495 e. The van der Waals surface area contributed by atoms with Crippen molar-refractivity contribution < 1.29 is 4.74 Å². The molecule has 0 unspecified atom stereocenters. The van der Waals surface area contributed by atoms with E-state index in [0.29, 0.717) is 5.11 Å². The topological polar surface area (TPSA) is 61.8 Å².